The normalized spacial score (nSPS) is 11.7. The molecule has 16 heavy (non-hydrogen) atoms. The van der Waals surface area contributed by atoms with E-state index >= 15 is 0 Å². The van der Waals surface area contributed by atoms with Gasteiger partial charge in [-0.2, -0.15) is 0 Å². The molecule has 0 saturated carbocycles. The summed E-state index contributed by atoms with van der Waals surface area (Å²) >= 11 is 0. The van der Waals surface area contributed by atoms with Crippen LogP contribution in [0.2, 0.25) is 0 Å². The Morgan fingerprint density at radius 2 is 1.56 bits per heavy atom. The fourth-order valence-electron chi connectivity index (χ4n) is 0.748. The van der Waals surface area contributed by atoms with Gasteiger partial charge in [-0.1, -0.05) is 6.58 Å². The van der Waals surface area contributed by atoms with E-state index in [1.54, 1.807) is 0 Å². The van der Waals surface area contributed by atoms with Crippen molar-refractivity contribution in [3.63, 3.8) is 0 Å². The molecule has 0 fully saturated rings. The van der Waals surface area contributed by atoms with E-state index in [2.05, 4.69) is 6.58 Å². The number of likely N-dealkylation sites (N-methyl/N-ethyl adjacent to an activating group) is 1. The SMILES string of the molecule is C=CC(=O)O.C[N+](C)(C)C(C(=O)[O-])C(=O)O. The zero-order valence-electron chi connectivity index (χ0n) is 9.34. The molecule has 0 aliphatic rings. The Kier molecular flexibility index (Phi) is 6.79. The van der Waals surface area contributed by atoms with Crippen LogP contribution in [0.5, 0.6) is 0 Å². The summed E-state index contributed by atoms with van der Waals surface area (Å²) in [6.45, 7) is 2.96. The van der Waals surface area contributed by atoms with E-state index in [1.165, 1.54) is 21.1 Å². The van der Waals surface area contributed by atoms with Crippen LogP contribution in [0.25, 0.3) is 0 Å². The van der Waals surface area contributed by atoms with E-state index in [-0.39, 0.29) is 4.48 Å². The monoisotopic (exact) mass is 233 g/mol. The molecule has 0 aromatic carbocycles. The van der Waals surface area contributed by atoms with Crippen LogP contribution in [0, 0.1) is 0 Å². The maximum absolute atomic E-state index is 10.4. The number of carboxylic acids is 3. The lowest BCUT2D eigenvalue weighted by molar-refractivity contribution is -0.880. The standard InChI is InChI=1S/C6H11NO4.C3H4O2/c1-7(2,3)4(5(8)9)6(10)11;1-2-3(4)5/h4H,1-3H3,(H-,8,9,10,11);2H,1H2,(H,4,5). The summed E-state index contributed by atoms with van der Waals surface area (Å²) in [6.07, 6.45) is 0.833. The molecule has 92 valence electrons. The van der Waals surface area contributed by atoms with Gasteiger partial charge in [0.25, 0.3) is 0 Å². The first-order chi connectivity index (χ1) is 7.03. The Morgan fingerprint density at radius 3 is 1.56 bits per heavy atom. The number of aliphatic carboxylic acids is 3. The molecule has 7 nitrogen and oxygen atoms in total. The van der Waals surface area contributed by atoms with Gasteiger partial charge in [0, 0.05) is 6.08 Å². The van der Waals surface area contributed by atoms with Gasteiger partial charge in [0.15, 0.2) is 0 Å². The summed E-state index contributed by atoms with van der Waals surface area (Å²) in [5.74, 6) is -3.92. The highest BCUT2D eigenvalue weighted by Gasteiger charge is 2.32. The third-order valence-corrected chi connectivity index (χ3v) is 1.41. The number of carbonyl (C=O) groups excluding carboxylic acids is 1. The number of carbonyl (C=O) groups is 3. The lowest BCUT2D eigenvalue weighted by Crippen LogP contribution is -2.58. The minimum absolute atomic E-state index is 0.183. The molecule has 0 heterocycles. The molecule has 0 bridgehead atoms. The maximum atomic E-state index is 10.4. The number of hydrogen-bond donors (Lipinski definition) is 2. The largest absolute Gasteiger partial charge is 0.543 e. The highest BCUT2D eigenvalue weighted by atomic mass is 16.4. The van der Waals surface area contributed by atoms with E-state index in [0.29, 0.717) is 0 Å². The summed E-state index contributed by atoms with van der Waals surface area (Å²) in [6, 6.07) is -1.50. The molecule has 1 unspecified atom stereocenters. The van der Waals surface area contributed by atoms with Gasteiger partial charge in [-0.15, -0.1) is 0 Å². The van der Waals surface area contributed by atoms with Crippen LogP contribution in [0.15, 0.2) is 12.7 Å². The fourth-order valence-corrected chi connectivity index (χ4v) is 0.748. The van der Waals surface area contributed by atoms with Crippen molar-refractivity contribution in [2.24, 2.45) is 0 Å². The molecule has 0 spiro atoms. The molecule has 0 rings (SSSR count). The minimum atomic E-state index is -1.56. The summed E-state index contributed by atoms with van der Waals surface area (Å²) in [7, 11) is 4.44. The van der Waals surface area contributed by atoms with Crippen molar-refractivity contribution < 1.29 is 34.2 Å². The van der Waals surface area contributed by atoms with Gasteiger partial charge in [-0.05, 0) is 0 Å². The Balaban J connectivity index is 0. The summed E-state index contributed by atoms with van der Waals surface area (Å²) in [5, 5.41) is 26.3. The second-order valence-electron chi connectivity index (χ2n) is 3.72. The van der Waals surface area contributed by atoms with E-state index in [9.17, 15) is 19.5 Å². The number of hydrogen-bond acceptors (Lipinski definition) is 4. The third kappa shape index (κ3) is 7.51. The molecular formula is C9H15NO6. The van der Waals surface area contributed by atoms with Crippen LogP contribution in [0.1, 0.15) is 0 Å². The lowest BCUT2D eigenvalue weighted by atomic mass is 10.2. The van der Waals surface area contributed by atoms with Gasteiger partial charge in [0.1, 0.15) is 5.97 Å². The van der Waals surface area contributed by atoms with Crippen LogP contribution in [-0.2, 0) is 14.4 Å². The molecule has 7 heteroatoms. The van der Waals surface area contributed by atoms with Gasteiger partial charge in [0.05, 0.1) is 21.1 Å². The van der Waals surface area contributed by atoms with Crippen LogP contribution < -0.4 is 5.11 Å². The highest BCUT2D eigenvalue weighted by Crippen LogP contribution is 2.01. The second kappa shape index (κ2) is 6.57. The molecule has 2 N–H and O–H groups in total. The zero-order chi connectivity index (χ0) is 13.5. The molecule has 0 aromatic heterocycles. The zero-order valence-corrected chi connectivity index (χ0v) is 9.34. The minimum Gasteiger partial charge on any atom is -0.543 e. The van der Waals surface area contributed by atoms with Crippen LogP contribution in [-0.4, -0.2) is 59.8 Å². The van der Waals surface area contributed by atoms with E-state index in [1.807, 2.05) is 0 Å². The maximum Gasteiger partial charge on any atom is 0.368 e. The Hall–Kier alpha value is -1.89. The molecule has 0 aliphatic carbocycles. The summed E-state index contributed by atoms with van der Waals surface area (Å²) < 4.78 is -0.183. The topological polar surface area (TPSA) is 115 Å². The van der Waals surface area contributed by atoms with Crippen molar-refractivity contribution in [2.45, 2.75) is 6.04 Å². The number of rotatable bonds is 4. The second-order valence-corrected chi connectivity index (χ2v) is 3.72. The van der Waals surface area contributed by atoms with Crippen LogP contribution >= 0.6 is 0 Å². The Morgan fingerprint density at radius 1 is 1.25 bits per heavy atom. The number of quaternary nitrogens is 1. The molecule has 0 aromatic rings. The predicted molar refractivity (Wildman–Crippen MR) is 52.3 cm³/mol. The molecular weight excluding hydrogens is 218 g/mol. The average molecular weight is 233 g/mol. The highest BCUT2D eigenvalue weighted by molar-refractivity contribution is 5.94. The molecule has 0 amide bonds. The lowest BCUT2D eigenvalue weighted by Gasteiger charge is -2.31. The fraction of sp³-hybridized carbons (Fsp3) is 0.444. The average Bonchev–Trinajstić information content (AvgIpc) is 2.00. The van der Waals surface area contributed by atoms with E-state index < -0.39 is 23.9 Å². The first-order valence-electron chi connectivity index (χ1n) is 4.14. The van der Waals surface area contributed by atoms with Crippen molar-refractivity contribution in [1.29, 1.82) is 0 Å². The van der Waals surface area contributed by atoms with Gasteiger partial charge >= 0.3 is 11.9 Å². The number of nitrogens with zero attached hydrogens (tertiary/aromatic N) is 1. The van der Waals surface area contributed by atoms with Crippen molar-refractivity contribution in [2.75, 3.05) is 21.1 Å². The first-order valence-corrected chi connectivity index (χ1v) is 4.14. The molecule has 0 aliphatic heterocycles. The van der Waals surface area contributed by atoms with E-state index in [0.717, 1.165) is 6.08 Å². The van der Waals surface area contributed by atoms with Crippen molar-refractivity contribution in [1.82, 2.24) is 0 Å². The third-order valence-electron chi connectivity index (χ3n) is 1.41. The summed E-state index contributed by atoms with van der Waals surface area (Å²) in [4.78, 5) is 29.9. The predicted octanol–water partition coefficient (Wildman–Crippen LogP) is -1.85. The van der Waals surface area contributed by atoms with E-state index in [4.69, 9.17) is 10.2 Å². The van der Waals surface area contributed by atoms with Crippen molar-refractivity contribution in [3.05, 3.63) is 12.7 Å². The van der Waals surface area contributed by atoms with Gasteiger partial charge < -0.3 is 24.6 Å². The van der Waals surface area contributed by atoms with Crippen molar-refractivity contribution in [3.8, 4) is 0 Å². The Labute approximate surface area is 92.8 Å². The first kappa shape index (κ1) is 16.5. The van der Waals surface area contributed by atoms with Crippen molar-refractivity contribution >= 4 is 17.9 Å². The quantitative estimate of drug-likeness (QED) is 0.335. The van der Waals surface area contributed by atoms with Gasteiger partial charge in [-0.3, -0.25) is 0 Å². The van der Waals surface area contributed by atoms with Gasteiger partial charge in [-0.25, -0.2) is 9.59 Å². The molecule has 1 atom stereocenters. The van der Waals surface area contributed by atoms with Crippen LogP contribution in [0.3, 0.4) is 0 Å². The van der Waals surface area contributed by atoms with Crippen LogP contribution in [0.4, 0.5) is 0 Å². The Bertz CT molecular complexity index is 277. The molecule has 0 radical (unpaired) electrons. The number of carboxylic acid groups (broad SMARTS) is 3. The smallest absolute Gasteiger partial charge is 0.368 e. The molecule has 0 saturated heterocycles. The van der Waals surface area contributed by atoms with Gasteiger partial charge in [0.2, 0.25) is 6.04 Å². The summed E-state index contributed by atoms with van der Waals surface area (Å²) in [5.41, 5.74) is 0.